The number of cyclic esters (lactones) is 1. The Bertz CT molecular complexity index is 1670. The van der Waals surface area contributed by atoms with Crippen LogP contribution < -0.4 is 5.32 Å². The van der Waals surface area contributed by atoms with Gasteiger partial charge in [0.2, 0.25) is 0 Å². The summed E-state index contributed by atoms with van der Waals surface area (Å²) < 4.78 is 32.0. The molecule has 0 radical (unpaired) electrons. The third-order valence-electron chi connectivity index (χ3n) is 11.7. The lowest BCUT2D eigenvalue weighted by Crippen LogP contribution is -2.60. The maximum atomic E-state index is 14.4. The lowest BCUT2D eigenvalue weighted by Gasteiger charge is -2.47. The molecule has 318 valence electrons. The zero-order chi connectivity index (χ0) is 42.4. The predicted molar refractivity (Wildman–Crippen MR) is 209 cm³/mol. The van der Waals surface area contributed by atoms with Gasteiger partial charge < -0.3 is 44.1 Å². The van der Waals surface area contributed by atoms with Gasteiger partial charge in [0.1, 0.15) is 41.3 Å². The zero-order valence-electron chi connectivity index (χ0n) is 35.2. The molecule has 0 bridgehead atoms. The highest BCUT2D eigenvalue weighted by Gasteiger charge is 2.53. The summed E-state index contributed by atoms with van der Waals surface area (Å²) in [7, 11) is 5.13. The number of aliphatic hydroxyl groups is 2. The van der Waals surface area contributed by atoms with E-state index in [1.807, 2.05) is 56.3 Å². The Morgan fingerprint density at radius 3 is 2.30 bits per heavy atom. The molecule has 1 aromatic carbocycles. The minimum absolute atomic E-state index is 0.0183. The maximum Gasteiger partial charge on any atom is 0.407 e. The number of aromatic nitrogens is 3. The van der Waals surface area contributed by atoms with E-state index in [1.165, 1.54) is 21.0 Å². The number of carbonyl (C=O) groups is 4. The third-order valence-corrected chi connectivity index (χ3v) is 11.7. The first-order valence-corrected chi connectivity index (χ1v) is 19.9. The minimum Gasteiger partial charge on any atom is -0.459 e. The summed E-state index contributed by atoms with van der Waals surface area (Å²) in [5, 5.41) is 34.5. The Kier molecular flexibility index (Phi) is 15.5. The van der Waals surface area contributed by atoms with Gasteiger partial charge in [-0.3, -0.25) is 19.1 Å². The summed E-state index contributed by atoms with van der Waals surface area (Å²) >= 11 is 0. The zero-order valence-corrected chi connectivity index (χ0v) is 35.2. The second-order valence-corrected chi connectivity index (χ2v) is 16.4. The number of ether oxygens (including phenoxy) is 5. The molecule has 13 atom stereocenters. The van der Waals surface area contributed by atoms with Crippen LogP contribution in [0.15, 0.2) is 36.5 Å². The maximum absolute atomic E-state index is 14.4. The van der Waals surface area contributed by atoms with E-state index in [2.05, 4.69) is 15.6 Å². The molecule has 4 rings (SSSR count). The number of amides is 1. The fourth-order valence-electron chi connectivity index (χ4n) is 8.22. The quantitative estimate of drug-likeness (QED) is 0.233. The number of aliphatic hydroxyl groups excluding tert-OH is 1. The molecule has 3 N–H and O–H groups in total. The van der Waals surface area contributed by atoms with Crippen LogP contribution in [0.4, 0.5) is 4.79 Å². The van der Waals surface area contributed by atoms with E-state index in [0.29, 0.717) is 12.1 Å². The first kappa shape index (κ1) is 45.9. The Labute approximate surface area is 335 Å². The van der Waals surface area contributed by atoms with Crippen molar-refractivity contribution in [1.82, 2.24) is 25.2 Å². The molecular weight excluding hydrogens is 738 g/mol. The van der Waals surface area contributed by atoms with Crippen LogP contribution in [-0.2, 0) is 44.6 Å². The van der Waals surface area contributed by atoms with Crippen molar-refractivity contribution in [2.45, 2.75) is 135 Å². The van der Waals surface area contributed by atoms with E-state index in [-0.39, 0.29) is 43.9 Å². The van der Waals surface area contributed by atoms with Crippen molar-refractivity contribution < 1.29 is 53.1 Å². The second kappa shape index (κ2) is 19.3. The number of methoxy groups -OCH3 is 1. The molecule has 2 saturated heterocycles. The van der Waals surface area contributed by atoms with Gasteiger partial charge in [0.25, 0.3) is 0 Å². The number of esters is 1. The van der Waals surface area contributed by atoms with Crippen LogP contribution in [0.25, 0.3) is 11.3 Å². The first-order chi connectivity index (χ1) is 26.7. The number of alkyl carbamates (subject to hydrolysis) is 1. The Morgan fingerprint density at radius 1 is 1.04 bits per heavy atom. The Hall–Kier alpha value is -3.80. The lowest BCUT2D eigenvalue weighted by atomic mass is 9.74. The van der Waals surface area contributed by atoms with Gasteiger partial charge in [-0.25, -0.2) is 4.79 Å². The van der Waals surface area contributed by atoms with Crippen LogP contribution in [-0.4, -0.2) is 136 Å². The molecular formula is C41H63N5O11. The highest BCUT2D eigenvalue weighted by atomic mass is 16.7. The minimum atomic E-state index is -2.07. The van der Waals surface area contributed by atoms with E-state index >= 15 is 0 Å². The van der Waals surface area contributed by atoms with Gasteiger partial charge in [-0.15, -0.1) is 5.10 Å². The van der Waals surface area contributed by atoms with Crippen molar-refractivity contribution >= 4 is 23.6 Å². The summed E-state index contributed by atoms with van der Waals surface area (Å²) in [5.74, 6) is -6.05. The standard InChI is InChI=1S/C41H63N5O11/c1-12-31-41(8,52)36(57-39(51)42-18-19-46-22-29(43-44-46)28-16-14-13-15-17-28)25(4)32(47)23(2)21-40(7,53-11)35(26(5)33(48)27(6)37(50)55-31)56-38-34(49)30(45(9)10)20-24(3)54-38/h13-17,22-27,30-31,34-36,38,49,52H,12,18-21H2,1-11H3,(H,42,51)/t23-,24+,25+,26+,27-,30-,31-,34+,35-,36-,38-,40-,41-/m1/s1. The number of hydrogen-bond donors (Lipinski definition) is 3. The fourth-order valence-corrected chi connectivity index (χ4v) is 8.22. The number of Topliss-reactive ketones (excluding diaryl/α,β-unsaturated/α-hetero) is 2. The molecule has 0 spiro atoms. The van der Waals surface area contributed by atoms with Crippen LogP contribution in [0.1, 0.15) is 74.7 Å². The number of likely N-dealkylation sites (N-methyl/N-ethyl adjacent to an activating group) is 1. The number of ketones is 2. The largest absolute Gasteiger partial charge is 0.459 e. The fraction of sp³-hybridized carbons (Fsp3) is 0.707. The Balaban J connectivity index is 1.63. The predicted octanol–water partition coefficient (Wildman–Crippen LogP) is 3.42. The van der Waals surface area contributed by atoms with Crippen molar-refractivity contribution in [1.29, 1.82) is 0 Å². The average molecular weight is 802 g/mol. The second-order valence-electron chi connectivity index (χ2n) is 16.4. The molecule has 1 amide bonds. The molecule has 2 fully saturated rings. The first-order valence-electron chi connectivity index (χ1n) is 19.9. The monoisotopic (exact) mass is 801 g/mol. The molecule has 57 heavy (non-hydrogen) atoms. The molecule has 16 heteroatoms. The molecule has 1 aromatic heterocycles. The summed E-state index contributed by atoms with van der Waals surface area (Å²) in [6.45, 7) is 13.2. The molecule has 2 aromatic rings. The van der Waals surface area contributed by atoms with Crippen LogP contribution in [0.2, 0.25) is 0 Å². The van der Waals surface area contributed by atoms with Crippen molar-refractivity contribution in [2.75, 3.05) is 27.7 Å². The van der Waals surface area contributed by atoms with Gasteiger partial charge >= 0.3 is 12.1 Å². The topological polar surface area (TPSA) is 201 Å². The molecule has 0 saturated carbocycles. The van der Waals surface area contributed by atoms with Crippen molar-refractivity contribution in [3.8, 4) is 11.3 Å². The Morgan fingerprint density at radius 2 is 1.68 bits per heavy atom. The van der Waals surface area contributed by atoms with Gasteiger partial charge in [0, 0.05) is 37.1 Å². The number of carbonyl (C=O) groups excluding carboxylic acids is 4. The van der Waals surface area contributed by atoms with Gasteiger partial charge in [-0.05, 0) is 61.1 Å². The normalized spacial score (nSPS) is 36.0. The van der Waals surface area contributed by atoms with E-state index in [4.69, 9.17) is 23.7 Å². The summed E-state index contributed by atoms with van der Waals surface area (Å²) in [6.07, 6.45) is -4.96. The smallest absolute Gasteiger partial charge is 0.407 e. The molecule has 2 aliphatic heterocycles. The van der Waals surface area contributed by atoms with Gasteiger partial charge in [-0.1, -0.05) is 63.2 Å². The molecule has 2 aliphatic rings. The number of nitrogens with zero attached hydrogens (tertiary/aromatic N) is 4. The summed E-state index contributed by atoms with van der Waals surface area (Å²) in [6, 6.07) is 9.20. The third kappa shape index (κ3) is 10.6. The summed E-state index contributed by atoms with van der Waals surface area (Å²) in [5.41, 5.74) is -1.87. The average Bonchev–Trinajstić information content (AvgIpc) is 3.66. The van der Waals surface area contributed by atoms with Crippen LogP contribution in [0.3, 0.4) is 0 Å². The van der Waals surface area contributed by atoms with Gasteiger partial charge in [0.05, 0.1) is 36.5 Å². The summed E-state index contributed by atoms with van der Waals surface area (Å²) in [4.78, 5) is 57.6. The SMILES string of the molecule is CC[C@H]1OC(=O)[C@H](C)C(=O)[C@H](C)[C@@H](O[C@H]2O[C@@H](C)C[C@@H](N(C)C)[C@@H]2O)[C@](C)(OC)C[C@@H](C)C(=O)[C@H](C)[C@@H](OC(=O)NCCn2cc(-c3ccccc3)nn2)[C@]1(C)O. The number of benzene rings is 1. The lowest BCUT2D eigenvalue weighted by molar-refractivity contribution is -0.295. The number of hydrogen-bond acceptors (Lipinski definition) is 14. The van der Waals surface area contributed by atoms with Crippen molar-refractivity contribution in [3.63, 3.8) is 0 Å². The highest BCUT2D eigenvalue weighted by Crippen LogP contribution is 2.39. The van der Waals surface area contributed by atoms with Crippen molar-refractivity contribution in [2.24, 2.45) is 23.7 Å². The van der Waals surface area contributed by atoms with Crippen LogP contribution >= 0.6 is 0 Å². The molecule has 3 heterocycles. The highest BCUT2D eigenvalue weighted by molar-refractivity contribution is 6.00. The van der Waals surface area contributed by atoms with Crippen molar-refractivity contribution in [3.05, 3.63) is 36.5 Å². The molecule has 0 aliphatic carbocycles. The van der Waals surface area contributed by atoms with E-state index in [1.54, 1.807) is 45.5 Å². The van der Waals surface area contributed by atoms with Gasteiger partial charge in [0.15, 0.2) is 12.1 Å². The van der Waals surface area contributed by atoms with E-state index in [0.717, 1.165) is 5.56 Å². The number of rotatable bonds is 10. The number of nitrogens with one attached hydrogen (secondary N) is 1. The molecule has 16 nitrogen and oxygen atoms in total. The van der Waals surface area contributed by atoms with Gasteiger partial charge in [-0.2, -0.15) is 0 Å². The van der Waals surface area contributed by atoms with Crippen LogP contribution in [0.5, 0.6) is 0 Å². The van der Waals surface area contributed by atoms with Crippen LogP contribution in [0, 0.1) is 23.7 Å². The van der Waals surface area contributed by atoms with E-state index < -0.39 is 83.4 Å². The molecule has 0 unspecified atom stereocenters. The van der Waals surface area contributed by atoms with E-state index in [9.17, 15) is 29.4 Å².